The van der Waals surface area contributed by atoms with Gasteiger partial charge in [0.1, 0.15) is 11.2 Å². The second-order valence-corrected chi connectivity index (χ2v) is 13.4. The molecule has 0 aliphatic heterocycles. The summed E-state index contributed by atoms with van der Waals surface area (Å²) in [5, 5.41) is 4.64. The van der Waals surface area contributed by atoms with Crippen molar-refractivity contribution in [3.63, 3.8) is 0 Å². The molecule has 0 bridgehead atoms. The lowest BCUT2D eigenvalue weighted by Gasteiger charge is -2.12. The highest BCUT2D eigenvalue weighted by Gasteiger charge is 2.22. The van der Waals surface area contributed by atoms with E-state index in [1.165, 1.54) is 25.7 Å². The summed E-state index contributed by atoms with van der Waals surface area (Å²) < 4.78 is 9.30. The van der Waals surface area contributed by atoms with Gasteiger partial charge in [0.2, 0.25) is 0 Å². The molecule has 0 fully saturated rings. The second kappa shape index (κ2) is 11.6. The van der Waals surface area contributed by atoms with E-state index in [2.05, 4.69) is 115 Å². The molecule has 3 heterocycles. The number of fused-ring (bicyclic) bond motifs is 6. The molecule has 0 atom stereocenters. The lowest BCUT2D eigenvalue weighted by Crippen LogP contribution is -2.00. The SMILES string of the molecule is c1ccc(-c2cccc(-c3nc(-c4ccccc4)nc(-c4ccc(-c5cccc6sc7ccccc7c56)c5c4oc4ccccc45)n3)c2)cc1. The van der Waals surface area contributed by atoms with Crippen molar-refractivity contribution >= 4 is 53.4 Å². The van der Waals surface area contributed by atoms with Crippen molar-refractivity contribution in [2.75, 3.05) is 0 Å². The third kappa shape index (κ3) is 4.71. The molecule has 0 spiro atoms. The van der Waals surface area contributed by atoms with Gasteiger partial charge >= 0.3 is 0 Å². The highest BCUT2D eigenvalue weighted by molar-refractivity contribution is 7.25. The number of hydrogen-bond donors (Lipinski definition) is 0. The van der Waals surface area contributed by atoms with Gasteiger partial charge in [0, 0.05) is 42.1 Å². The van der Waals surface area contributed by atoms with Gasteiger partial charge in [-0.15, -0.1) is 11.3 Å². The molecule has 50 heavy (non-hydrogen) atoms. The molecule has 4 nitrogen and oxygen atoms in total. The standard InChI is InChI=1S/C45H27N3OS/c1-3-13-28(14-4-1)30-17-11-18-31(27-30)44-46-43(29-15-5-2-6-16-29)47-45(48-44)36-26-25-33(41-34-19-7-9-22-37(34)49-42(36)41)32-21-12-24-39-40(32)35-20-8-10-23-38(35)50-39/h1-27H. The number of nitrogens with zero attached hydrogens (tertiary/aromatic N) is 3. The van der Waals surface area contributed by atoms with E-state index in [1.54, 1.807) is 0 Å². The Balaban J connectivity index is 1.23. The molecule has 0 saturated carbocycles. The van der Waals surface area contributed by atoms with Crippen molar-refractivity contribution in [2.24, 2.45) is 0 Å². The number of rotatable bonds is 5. The molecule has 0 saturated heterocycles. The van der Waals surface area contributed by atoms with Crippen molar-refractivity contribution in [1.82, 2.24) is 15.0 Å². The summed E-state index contributed by atoms with van der Waals surface area (Å²) in [6, 6.07) is 56.7. The smallest absolute Gasteiger partial charge is 0.167 e. The van der Waals surface area contributed by atoms with Gasteiger partial charge in [-0.2, -0.15) is 0 Å². The first-order valence-corrected chi connectivity index (χ1v) is 17.4. The first-order valence-electron chi connectivity index (χ1n) is 16.6. The van der Waals surface area contributed by atoms with Gasteiger partial charge in [0.15, 0.2) is 17.5 Å². The molecular weight excluding hydrogens is 631 g/mol. The predicted octanol–water partition coefficient (Wildman–Crippen LogP) is 12.5. The van der Waals surface area contributed by atoms with Crippen LogP contribution < -0.4 is 0 Å². The highest BCUT2D eigenvalue weighted by Crippen LogP contribution is 2.46. The fourth-order valence-electron chi connectivity index (χ4n) is 7.04. The van der Waals surface area contributed by atoms with Crippen LogP contribution >= 0.6 is 11.3 Å². The maximum Gasteiger partial charge on any atom is 0.167 e. The Labute approximate surface area is 292 Å². The minimum absolute atomic E-state index is 0.564. The summed E-state index contributed by atoms with van der Waals surface area (Å²) in [6.07, 6.45) is 0. The van der Waals surface area contributed by atoms with Gasteiger partial charge in [-0.25, -0.2) is 15.0 Å². The van der Waals surface area contributed by atoms with E-state index in [4.69, 9.17) is 19.4 Å². The Morgan fingerprint density at radius 2 is 0.960 bits per heavy atom. The summed E-state index contributed by atoms with van der Waals surface area (Å²) in [6.45, 7) is 0. The van der Waals surface area contributed by atoms with Crippen molar-refractivity contribution in [3.05, 3.63) is 164 Å². The monoisotopic (exact) mass is 657 g/mol. The number of benzene rings is 7. The van der Waals surface area contributed by atoms with Crippen LogP contribution in [0.4, 0.5) is 0 Å². The van der Waals surface area contributed by atoms with Gasteiger partial charge < -0.3 is 4.42 Å². The van der Waals surface area contributed by atoms with E-state index < -0.39 is 0 Å². The van der Waals surface area contributed by atoms with Crippen LogP contribution in [0.1, 0.15) is 0 Å². The molecular formula is C45H27N3OS. The van der Waals surface area contributed by atoms with Crippen molar-refractivity contribution in [3.8, 4) is 56.4 Å². The van der Waals surface area contributed by atoms with Crippen molar-refractivity contribution < 1.29 is 4.42 Å². The summed E-state index contributed by atoms with van der Waals surface area (Å²) in [5.41, 5.74) is 8.79. The summed E-state index contributed by atoms with van der Waals surface area (Å²) >= 11 is 1.83. The first-order chi connectivity index (χ1) is 24.8. The van der Waals surface area contributed by atoms with E-state index in [0.29, 0.717) is 17.5 Å². The maximum absolute atomic E-state index is 6.75. The number of thiophene rings is 1. The Kier molecular flexibility index (Phi) is 6.64. The van der Waals surface area contributed by atoms with E-state index in [0.717, 1.165) is 55.3 Å². The maximum atomic E-state index is 6.75. The van der Waals surface area contributed by atoms with Crippen LogP contribution in [-0.2, 0) is 0 Å². The quantitative estimate of drug-likeness (QED) is 0.185. The molecule has 7 aromatic carbocycles. The van der Waals surface area contributed by atoms with E-state index in [1.807, 2.05) is 59.9 Å². The van der Waals surface area contributed by atoms with Gasteiger partial charge in [0.05, 0.1) is 5.56 Å². The number of aromatic nitrogens is 3. The van der Waals surface area contributed by atoms with Gasteiger partial charge in [0.25, 0.3) is 0 Å². The van der Waals surface area contributed by atoms with Crippen molar-refractivity contribution in [1.29, 1.82) is 0 Å². The average Bonchev–Trinajstić information content (AvgIpc) is 3.77. The normalized spacial score (nSPS) is 11.6. The minimum Gasteiger partial charge on any atom is -0.455 e. The zero-order valence-corrected chi connectivity index (χ0v) is 27.6. The molecule has 0 radical (unpaired) electrons. The third-order valence-corrected chi connectivity index (χ3v) is 10.5. The van der Waals surface area contributed by atoms with Gasteiger partial charge in [-0.3, -0.25) is 0 Å². The molecule has 234 valence electrons. The van der Waals surface area contributed by atoms with Gasteiger partial charge in [-0.1, -0.05) is 133 Å². The van der Waals surface area contributed by atoms with Crippen LogP contribution in [0, 0.1) is 0 Å². The van der Waals surface area contributed by atoms with E-state index in [9.17, 15) is 0 Å². The number of hydrogen-bond acceptors (Lipinski definition) is 5. The molecule has 10 rings (SSSR count). The van der Waals surface area contributed by atoms with Crippen LogP contribution in [-0.4, -0.2) is 15.0 Å². The minimum atomic E-state index is 0.564. The van der Waals surface area contributed by atoms with Crippen molar-refractivity contribution in [2.45, 2.75) is 0 Å². The molecule has 5 heteroatoms. The molecule has 3 aromatic heterocycles. The zero-order valence-electron chi connectivity index (χ0n) is 26.7. The summed E-state index contributed by atoms with van der Waals surface area (Å²) in [4.78, 5) is 15.3. The average molecular weight is 658 g/mol. The van der Waals surface area contributed by atoms with Gasteiger partial charge in [-0.05, 0) is 52.6 Å². The van der Waals surface area contributed by atoms with E-state index in [-0.39, 0.29) is 0 Å². The third-order valence-electron chi connectivity index (χ3n) is 9.36. The lowest BCUT2D eigenvalue weighted by molar-refractivity contribution is 0.669. The largest absolute Gasteiger partial charge is 0.455 e. The second-order valence-electron chi connectivity index (χ2n) is 12.4. The van der Waals surface area contributed by atoms with Crippen LogP contribution in [0.3, 0.4) is 0 Å². The molecule has 0 aliphatic rings. The number of para-hydroxylation sites is 1. The van der Waals surface area contributed by atoms with Crippen LogP contribution in [0.2, 0.25) is 0 Å². The first kappa shape index (κ1) is 28.6. The van der Waals surface area contributed by atoms with Crippen LogP contribution in [0.5, 0.6) is 0 Å². The lowest BCUT2D eigenvalue weighted by atomic mass is 9.94. The molecule has 10 aromatic rings. The fraction of sp³-hybridized carbons (Fsp3) is 0. The predicted molar refractivity (Wildman–Crippen MR) is 207 cm³/mol. The molecule has 0 aliphatic carbocycles. The summed E-state index contributed by atoms with van der Waals surface area (Å²) in [5.74, 6) is 1.78. The Morgan fingerprint density at radius 1 is 0.380 bits per heavy atom. The zero-order chi connectivity index (χ0) is 33.0. The Morgan fingerprint density at radius 3 is 1.80 bits per heavy atom. The molecule has 0 amide bonds. The Hall–Kier alpha value is -6.43. The Bertz CT molecular complexity index is 2870. The van der Waals surface area contributed by atoms with Crippen LogP contribution in [0.15, 0.2) is 168 Å². The topological polar surface area (TPSA) is 51.8 Å². The summed E-state index contributed by atoms with van der Waals surface area (Å²) in [7, 11) is 0. The fourth-order valence-corrected chi connectivity index (χ4v) is 8.17. The van der Waals surface area contributed by atoms with Crippen LogP contribution in [0.25, 0.3) is 98.5 Å². The molecule has 0 unspecified atom stereocenters. The van der Waals surface area contributed by atoms with E-state index >= 15 is 0 Å². The number of furan rings is 1. The highest BCUT2D eigenvalue weighted by atomic mass is 32.1. The molecule has 0 N–H and O–H groups in total.